The van der Waals surface area contributed by atoms with Crippen molar-refractivity contribution in [2.45, 2.75) is 18.3 Å². The molecule has 4 heterocycles. The average Bonchev–Trinajstić information content (AvgIpc) is 3.29. The number of nitrogens with one attached hydrogen (secondary N) is 1. The van der Waals surface area contributed by atoms with Crippen LogP contribution in [-0.2, 0) is 29.2 Å². The molecule has 1 N–H and O–H groups in total. The zero-order valence-corrected chi connectivity index (χ0v) is 22.4. The average molecular weight is 563 g/mol. The van der Waals surface area contributed by atoms with Gasteiger partial charge in [-0.15, -0.1) is 0 Å². The summed E-state index contributed by atoms with van der Waals surface area (Å²) in [6.07, 6.45) is 6.10. The van der Waals surface area contributed by atoms with Crippen LogP contribution in [-0.4, -0.2) is 28.8 Å². The third-order valence-electron chi connectivity index (χ3n) is 7.19. The Bertz CT molecular complexity index is 2050. The van der Waals surface area contributed by atoms with Crippen molar-refractivity contribution in [1.82, 2.24) is 14.1 Å². The molecule has 0 bridgehead atoms. The van der Waals surface area contributed by atoms with Gasteiger partial charge in [-0.1, -0.05) is 12.1 Å². The first-order valence-electron chi connectivity index (χ1n) is 12.4. The van der Waals surface area contributed by atoms with Crippen LogP contribution in [0.3, 0.4) is 0 Å². The predicted molar refractivity (Wildman–Crippen MR) is 149 cm³/mol. The van der Waals surface area contributed by atoms with Crippen LogP contribution in [0.5, 0.6) is 0 Å². The van der Waals surface area contributed by atoms with Crippen LogP contribution < -0.4 is 16.0 Å². The summed E-state index contributed by atoms with van der Waals surface area (Å²) in [5.74, 6) is -1.78. The molecular formula is C29H24F2N4O4S. The third kappa shape index (κ3) is 4.32. The minimum atomic E-state index is -3.38. The number of H-pyrrole nitrogens is 1. The molecule has 1 atom stereocenters. The maximum absolute atomic E-state index is 15.5. The highest BCUT2D eigenvalue weighted by atomic mass is 32.2. The Balaban J connectivity index is 1.73. The predicted octanol–water partition coefficient (Wildman–Crippen LogP) is 4.41. The Labute approximate surface area is 227 Å². The number of aromatic nitrogens is 3. The molecule has 8 nitrogen and oxygen atoms in total. The van der Waals surface area contributed by atoms with Crippen molar-refractivity contribution in [3.8, 4) is 11.1 Å². The topological polar surface area (TPSA) is 97.2 Å². The van der Waals surface area contributed by atoms with Crippen molar-refractivity contribution in [2.24, 2.45) is 7.05 Å². The minimum Gasteiger partial charge on any atom is -0.356 e. The molecule has 0 spiro atoms. The smallest absolute Gasteiger partial charge is 0.274 e. The number of anilines is 2. The van der Waals surface area contributed by atoms with Gasteiger partial charge < -0.3 is 19.0 Å². The fourth-order valence-corrected chi connectivity index (χ4v) is 6.30. The van der Waals surface area contributed by atoms with Crippen molar-refractivity contribution in [3.63, 3.8) is 0 Å². The molecule has 2 aromatic carbocycles. The van der Waals surface area contributed by atoms with Gasteiger partial charge in [0.1, 0.15) is 17.2 Å². The van der Waals surface area contributed by atoms with Crippen LogP contribution >= 0.6 is 0 Å². The molecule has 3 aromatic heterocycles. The lowest BCUT2D eigenvalue weighted by Crippen LogP contribution is -2.31. The number of hydrogen-bond donors (Lipinski definition) is 1. The molecule has 0 amide bonds. The second-order valence-electron chi connectivity index (χ2n) is 10.0. The highest BCUT2D eigenvalue weighted by Gasteiger charge is 2.34. The fraction of sp³-hybridized carbons (Fsp3) is 0.172. The van der Waals surface area contributed by atoms with Gasteiger partial charge in [0.15, 0.2) is 9.84 Å². The lowest BCUT2D eigenvalue weighted by atomic mass is 9.98. The molecule has 40 heavy (non-hydrogen) atoms. The number of sulfone groups is 1. The van der Waals surface area contributed by atoms with Gasteiger partial charge in [0.05, 0.1) is 24.0 Å². The summed E-state index contributed by atoms with van der Waals surface area (Å²) in [5.41, 5.74) is 2.67. The van der Waals surface area contributed by atoms with Gasteiger partial charge in [0, 0.05) is 71.8 Å². The number of halogens is 2. The zero-order chi connectivity index (χ0) is 28.3. The van der Waals surface area contributed by atoms with E-state index in [1.807, 2.05) is 0 Å². The Morgan fingerprint density at radius 3 is 2.48 bits per heavy atom. The maximum Gasteiger partial charge on any atom is 0.274 e. The van der Waals surface area contributed by atoms with E-state index in [-0.39, 0.29) is 29.1 Å². The maximum atomic E-state index is 15.5. The summed E-state index contributed by atoms with van der Waals surface area (Å²) in [7, 11) is -1.76. The standard InChI is InChI=1S/C29H24F2N4O4S/c1-33-14-21-19-11-17(16-40(2,38)39)6-8-23(19)35(24-9-7-18(30)12-22(24)31)25(15-34-10-4-3-5-26(34)36)20-13-32-28(27(20)21)29(33)37/h3-14,25,32H,15-16H2,1-2H3. The normalized spacial score (nSPS) is 14.8. The molecular weight excluding hydrogens is 538 g/mol. The van der Waals surface area contributed by atoms with E-state index < -0.39 is 27.5 Å². The fourth-order valence-electron chi connectivity index (χ4n) is 5.52. The molecule has 0 saturated heterocycles. The summed E-state index contributed by atoms with van der Waals surface area (Å²) in [5, 5.41) is 0.583. The van der Waals surface area contributed by atoms with Gasteiger partial charge in [-0.2, -0.15) is 0 Å². The highest BCUT2D eigenvalue weighted by molar-refractivity contribution is 7.89. The van der Waals surface area contributed by atoms with E-state index in [2.05, 4.69) is 4.98 Å². The first-order valence-corrected chi connectivity index (χ1v) is 14.5. The summed E-state index contributed by atoms with van der Waals surface area (Å²) in [6, 6.07) is 12.4. The van der Waals surface area contributed by atoms with Gasteiger partial charge >= 0.3 is 0 Å². The number of hydrogen-bond acceptors (Lipinski definition) is 5. The molecule has 0 fully saturated rings. The molecule has 1 unspecified atom stereocenters. The zero-order valence-electron chi connectivity index (χ0n) is 21.6. The number of nitrogens with zero attached hydrogens (tertiary/aromatic N) is 3. The van der Waals surface area contributed by atoms with E-state index >= 15 is 4.39 Å². The molecule has 6 rings (SSSR count). The van der Waals surface area contributed by atoms with Crippen molar-refractivity contribution in [3.05, 3.63) is 117 Å². The summed E-state index contributed by atoms with van der Waals surface area (Å²) in [4.78, 5) is 30.7. The Morgan fingerprint density at radius 1 is 0.975 bits per heavy atom. The van der Waals surface area contributed by atoms with Crippen molar-refractivity contribution in [1.29, 1.82) is 0 Å². The molecule has 204 valence electrons. The molecule has 0 radical (unpaired) electrons. The van der Waals surface area contributed by atoms with Gasteiger partial charge in [0.2, 0.25) is 0 Å². The molecule has 5 aromatic rings. The third-order valence-corrected chi connectivity index (χ3v) is 8.04. The van der Waals surface area contributed by atoms with Crippen LogP contribution in [0.25, 0.3) is 22.0 Å². The Hall–Kier alpha value is -4.51. The highest BCUT2D eigenvalue weighted by Crippen LogP contribution is 2.49. The van der Waals surface area contributed by atoms with Gasteiger partial charge in [0.25, 0.3) is 11.1 Å². The van der Waals surface area contributed by atoms with Crippen LogP contribution in [0.1, 0.15) is 17.2 Å². The number of aryl methyl sites for hydroxylation is 1. The molecule has 0 saturated carbocycles. The summed E-state index contributed by atoms with van der Waals surface area (Å²) in [6.45, 7) is 0.0720. The summed E-state index contributed by atoms with van der Waals surface area (Å²) < 4.78 is 56.8. The second kappa shape index (κ2) is 9.30. The lowest BCUT2D eigenvalue weighted by molar-refractivity contribution is 0.538. The van der Waals surface area contributed by atoms with Crippen LogP contribution in [0.4, 0.5) is 20.2 Å². The number of aromatic amines is 1. The monoisotopic (exact) mass is 562 g/mol. The van der Waals surface area contributed by atoms with Crippen molar-refractivity contribution in [2.75, 3.05) is 11.2 Å². The SMILES string of the molecule is Cn1cc2c3c(c[nH]c3c1=O)C(Cn1ccccc1=O)N(c1ccc(F)cc1F)c1ccc(CS(C)(=O)=O)cc1-2. The molecule has 11 heteroatoms. The molecule has 1 aliphatic heterocycles. The summed E-state index contributed by atoms with van der Waals surface area (Å²) >= 11 is 0. The first-order chi connectivity index (χ1) is 19.0. The van der Waals surface area contributed by atoms with Crippen LogP contribution in [0.15, 0.2) is 82.8 Å². The van der Waals surface area contributed by atoms with Gasteiger partial charge in [-0.3, -0.25) is 9.59 Å². The number of rotatable bonds is 5. The lowest BCUT2D eigenvalue weighted by Gasteiger charge is -2.34. The second-order valence-corrected chi connectivity index (χ2v) is 12.2. The van der Waals surface area contributed by atoms with E-state index in [9.17, 15) is 22.4 Å². The largest absolute Gasteiger partial charge is 0.356 e. The van der Waals surface area contributed by atoms with E-state index in [1.54, 1.807) is 60.9 Å². The minimum absolute atomic E-state index is 0.0568. The Kier molecular flexibility index (Phi) is 5.99. The number of fused-ring (bicyclic) bond motifs is 2. The van der Waals surface area contributed by atoms with Crippen LogP contribution in [0.2, 0.25) is 0 Å². The Morgan fingerprint density at radius 2 is 1.75 bits per heavy atom. The first kappa shape index (κ1) is 25.8. The molecule has 1 aliphatic rings. The van der Waals surface area contributed by atoms with E-state index in [4.69, 9.17) is 0 Å². The van der Waals surface area contributed by atoms with Crippen molar-refractivity contribution >= 4 is 32.1 Å². The van der Waals surface area contributed by atoms with Gasteiger partial charge in [-0.25, -0.2) is 17.2 Å². The van der Waals surface area contributed by atoms with E-state index in [0.717, 1.165) is 18.4 Å². The van der Waals surface area contributed by atoms with Crippen molar-refractivity contribution < 1.29 is 17.2 Å². The van der Waals surface area contributed by atoms with Crippen LogP contribution in [0, 0.1) is 11.6 Å². The van der Waals surface area contributed by atoms with E-state index in [1.165, 1.54) is 21.3 Å². The molecule has 0 aliphatic carbocycles. The number of pyridine rings is 2. The quantitative estimate of drug-likeness (QED) is 0.342. The van der Waals surface area contributed by atoms with Gasteiger partial charge in [-0.05, 0) is 35.9 Å². The van der Waals surface area contributed by atoms with E-state index in [0.29, 0.717) is 38.8 Å². The number of benzene rings is 2.